The van der Waals surface area contributed by atoms with Gasteiger partial charge in [-0.2, -0.15) is 0 Å². The Morgan fingerprint density at radius 2 is 1.89 bits per heavy atom. The first-order valence-corrected chi connectivity index (χ1v) is 7.30. The van der Waals surface area contributed by atoms with Gasteiger partial charge in [-0.15, -0.1) is 11.8 Å². The summed E-state index contributed by atoms with van der Waals surface area (Å²) in [6.45, 7) is 2.67. The van der Waals surface area contributed by atoms with Crippen molar-refractivity contribution < 1.29 is 4.39 Å². The molecule has 0 saturated heterocycles. The smallest absolute Gasteiger partial charge is 0.128 e. The molecule has 0 aromatic heterocycles. The van der Waals surface area contributed by atoms with Gasteiger partial charge in [0.15, 0.2) is 0 Å². The van der Waals surface area contributed by atoms with Gasteiger partial charge in [0, 0.05) is 22.8 Å². The highest BCUT2D eigenvalue weighted by molar-refractivity contribution is 7.98. The quantitative estimate of drug-likeness (QED) is 0.823. The number of rotatable bonds is 5. The van der Waals surface area contributed by atoms with Crippen LogP contribution >= 0.6 is 11.8 Å². The summed E-state index contributed by atoms with van der Waals surface area (Å²) in [5, 5.41) is 3.02. The van der Waals surface area contributed by atoms with Crippen LogP contribution < -0.4 is 5.32 Å². The van der Waals surface area contributed by atoms with Crippen LogP contribution in [0.2, 0.25) is 0 Å². The molecule has 0 fully saturated rings. The lowest BCUT2D eigenvalue weighted by Gasteiger charge is -2.11. The molecule has 0 spiro atoms. The molecule has 0 aliphatic heterocycles. The second-order valence-electron chi connectivity index (χ2n) is 4.46. The van der Waals surface area contributed by atoms with Gasteiger partial charge < -0.3 is 5.32 Å². The van der Waals surface area contributed by atoms with E-state index in [2.05, 4.69) is 24.4 Å². The van der Waals surface area contributed by atoms with Crippen LogP contribution in [0.15, 0.2) is 47.4 Å². The minimum atomic E-state index is -0.135. The van der Waals surface area contributed by atoms with E-state index < -0.39 is 0 Å². The van der Waals surface area contributed by atoms with Gasteiger partial charge in [-0.05, 0) is 37.2 Å². The average molecular weight is 275 g/mol. The van der Waals surface area contributed by atoms with Crippen molar-refractivity contribution in [2.24, 2.45) is 0 Å². The summed E-state index contributed by atoms with van der Waals surface area (Å²) in [5.74, 6) is 0.733. The van der Waals surface area contributed by atoms with Crippen LogP contribution in [0, 0.1) is 12.7 Å². The molecule has 2 aromatic carbocycles. The molecular weight excluding hydrogens is 257 g/mol. The van der Waals surface area contributed by atoms with Gasteiger partial charge in [0.05, 0.1) is 0 Å². The predicted octanol–water partition coefficient (Wildman–Crippen LogP) is 4.15. The Bertz CT molecular complexity index is 554. The Balaban J connectivity index is 2.16. The van der Waals surface area contributed by atoms with E-state index in [0.29, 0.717) is 6.54 Å². The third kappa shape index (κ3) is 3.58. The summed E-state index contributed by atoms with van der Waals surface area (Å²) < 4.78 is 13.8. The fourth-order valence-corrected chi connectivity index (χ4v) is 3.10. The number of aryl methyl sites for hydroxylation is 1. The van der Waals surface area contributed by atoms with E-state index in [4.69, 9.17) is 0 Å². The summed E-state index contributed by atoms with van der Waals surface area (Å²) in [6, 6.07) is 13.6. The zero-order valence-electron chi connectivity index (χ0n) is 11.2. The molecule has 100 valence electrons. The van der Waals surface area contributed by atoms with E-state index in [-0.39, 0.29) is 5.82 Å². The zero-order chi connectivity index (χ0) is 13.7. The molecule has 0 heterocycles. The minimum absolute atomic E-state index is 0.135. The van der Waals surface area contributed by atoms with Crippen LogP contribution in [0.3, 0.4) is 0 Å². The Labute approximate surface area is 118 Å². The third-order valence-electron chi connectivity index (χ3n) is 3.07. The highest BCUT2D eigenvalue weighted by atomic mass is 32.2. The molecule has 1 N–H and O–H groups in total. The van der Waals surface area contributed by atoms with Crippen molar-refractivity contribution in [1.29, 1.82) is 0 Å². The molecule has 0 aliphatic carbocycles. The van der Waals surface area contributed by atoms with Crippen molar-refractivity contribution in [3.8, 4) is 0 Å². The second-order valence-corrected chi connectivity index (χ2v) is 5.48. The Hall–Kier alpha value is -1.32. The highest BCUT2D eigenvalue weighted by Gasteiger charge is 2.08. The van der Waals surface area contributed by atoms with Crippen molar-refractivity contribution in [3.05, 3.63) is 65.0 Å². The normalized spacial score (nSPS) is 10.7. The molecule has 19 heavy (non-hydrogen) atoms. The lowest BCUT2D eigenvalue weighted by molar-refractivity contribution is 0.594. The molecule has 0 radical (unpaired) electrons. The summed E-state index contributed by atoms with van der Waals surface area (Å²) in [7, 11) is 1.84. The number of halogens is 1. The van der Waals surface area contributed by atoms with Gasteiger partial charge in [0.2, 0.25) is 0 Å². The summed E-state index contributed by atoms with van der Waals surface area (Å²) in [6.07, 6.45) is 0. The number of hydrogen-bond acceptors (Lipinski definition) is 2. The maximum absolute atomic E-state index is 13.8. The Kier molecular flexibility index (Phi) is 5.00. The van der Waals surface area contributed by atoms with E-state index in [0.717, 1.165) is 16.2 Å². The summed E-state index contributed by atoms with van der Waals surface area (Å²) in [4.78, 5) is 1.01. The lowest BCUT2D eigenvalue weighted by Crippen LogP contribution is -2.08. The van der Waals surface area contributed by atoms with E-state index >= 15 is 0 Å². The molecule has 3 heteroatoms. The summed E-state index contributed by atoms with van der Waals surface area (Å²) >= 11 is 1.69. The first kappa shape index (κ1) is 14.1. The van der Waals surface area contributed by atoms with Gasteiger partial charge >= 0.3 is 0 Å². The standard InChI is InChI=1S/C16H18FNS/c1-12-6-3-4-7-13(12)11-19-16-9-5-8-15(17)14(16)10-18-2/h3-9,18H,10-11H2,1-2H3. The van der Waals surface area contributed by atoms with Gasteiger partial charge in [-0.25, -0.2) is 4.39 Å². The van der Waals surface area contributed by atoms with Crippen LogP contribution in [-0.2, 0) is 12.3 Å². The molecule has 2 rings (SSSR count). The van der Waals surface area contributed by atoms with Crippen molar-refractivity contribution in [3.63, 3.8) is 0 Å². The van der Waals surface area contributed by atoms with Gasteiger partial charge in [0.1, 0.15) is 5.82 Å². The fourth-order valence-electron chi connectivity index (χ4n) is 1.95. The Morgan fingerprint density at radius 3 is 2.63 bits per heavy atom. The van der Waals surface area contributed by atoms with E-state index in [1.807, 2.05) is 25.2 Å². The second kappa shape index (κ2) is 6.73. The minimum Gasteiger partial charge on any atom is -0.316 e. The van der Waals surface area contributed by atoms with Crippen LogP contribution in [0.25, 0.3) is 0 Å². The molecule has 0 unspecified atom stereocenters. The van der Waals surface area contributed by atoms with Crippen LogP contribution in [-0.4, -0.2) is 7.05 Å². The largest absolute Gasteiger partial charge is 0.316 e. The van der Waals surface area contributed by atoms with Gasteiger partial charge in [0.25, 0.3) is 0 Å². The Morgan fingerprint density at radius 1 is 1.11 bits per heavy atom. The van der Waals surface area contributed by atoms with Gasteiger partial charge in [-0.3, -0.25) is 0 Å². The number of hydrogen-bond donors (Lipinski definition) is 1. The number of thioether (sulfide) groups is 1. The lowest BCUT2D eigenvalue weighted by atomic mass is 10.1. The molecule has 0 bridgehead atoms. The summed E-state index contributed by atoms with van der Waals surface area (Å²) in [5.41, 5.74) is 3.33. The van der Waals surface area contributed by atoms with Crippen molar-refractivity contribution in [2.75, 3.05) is 7.05 Å². The van der Waals surface area contributed by atoms with E-state index in [1.165, 1.54) is 17.2 Å². The molecule has 2 aromatic rings. The maximum Gasteiger partial charge on any atom is 0.128 e. The van der Waals surface area contributed by atoms with Crippen LogP contribution in [0.1, 0.15) is 16.7 Å². The van der Waals surface area contributed by atoms with Crippen LogP contribution in [0.4, 0.5) is 4.39 Å². The van der Waals surface area contributed by atoms with Crippen molar-refractivity contribution in [1.82, 2.24) is 5.32 Å². The third-order valence-corrected chi connectivity index (χ3v) is 4.22. The van der Waals surface area contributed by atoms with E-state index in [9.17, 15) is 4.39 Å². The highest BCUT2D eigenvalue weighted by Crippen LogP contribution is 2.28. The number of nitrogens with one attached hydrogen (secondary N) is 1. The maximum atomic E-state index is 13.8. The zero-order valence-corrected chi connectivity index (χ0v) is 12.1. The molecule has 0 saturated carbocycles. The first-order chi connectivity index (χ1) is 9.22. The van der Waals surface area contributed by atoms with Crippen LogP contribution in [0.5, 0.6) is 0 Å². The monoisotopic (exact) mass is 275 g/mol. The molecule has 1 nitrogen and oxygen atoms in total. The first-order valence-electron chi connectivity index (χ1n) is 6.31. The molecule has 0 aliphatic rings. The predicted molar refractivity (Wildman–Crippen MR) is 79.9 cm³/mol. The van der Waals surface area contributed by atoms with Gasteiger partial charge in [-0.1, -0.05) is 30.3 Å². The SMILES string of the molecule is CNCc1c(F)cccc1SCc1ccccc1C. The van der Waals surface area contributed by atoms with Crippen molar-refractivity contribution in [2.45, 2.75) is 24.1 Å². The van der Waals surface area contributed by atoms with Crippen molar-refractivity contribution >= 4 is 11.8 Å². The topological polar surface area (TPSA) is 12.0 Å². The molecule has 0 atom stereocenters. The van der Waals surface area contributed by atoms with E-state index in [1.54, 1.807) is 17.8 Å². The fraction of sp³-hybridized carbons (Fsp3) is 0.250. The molecular formula is C16H18FNS. The average Bonchev–Trinajstić information content (AvgIpc) is 2.41. The number of benzene rings is 2. The molecule has 0 amide bonds.